The van der Waals surface area contributed by atoms with Gasteiger partial charge in [0, 0.05) is 43.4 Å². The molecule has 1 saturated heterocycles. The fourth-order valence-electron chi connectivity index (χ4n) is 4.50. The highest BCUT2D eigenvalue weighted by molar-refractivity contribution is 6.30. The summed E-state index contributed by atoms with van der Waals surface area (Å²) in [7, 11) is 0. The number of piperazine rings is 1. The summed E-state index contributed by atoms with van der Waals surface area (Å²) in [6, 6.07) is 24.8. The predicted octanol–water partition coefficient (Wildman–Crippen LogP) is 6.65. The van der Waals surface area contributed by atoms with Gasteiger partial charge >= 0.3 is 0 Å². The van der Waals surface area contributed by atoms with Crippen LogP contribution >= 0.6 is 11.6 Å². The van der Waals surface area contributed by atoms with Crippen molar-refractivity contribution in [2.24, 2.45) is 0 Å². The minimum atomic E-state index is 0.122. The standard InChI is InChI=1S/C29H32ClN5/c1-29(2,3)22-11-13-24(14-12-22)31-27-28(33-26-10-5-4-9-25(26)32-27)35-17-15-34(16-18-35)20-21-7-6-8-23(30)19-21/h4-14,19H,15-18,20H2,1-3H3,(H,31,32). The van der Waals surface area contributed by atoms with Crippen LogP contribution in [0.4, 0.5) is 17.3 Å². The monoisotopic (exact) mass is 485 g/mol. The normalized spacial score (nSPS) is 14.9. The lowest BCUT2D eigenvalue weighted by Crippen LogP contribution is -2.46. The lowest BCUT2D eigenvalue weighted by Gasteiger charge is -2.36. The molecule has 0 bridgehead atoms. The maximum absolute atomic E-state index is 6.18. The van der Waals surface area contributed by atoms with Crippen LogP contribution in [0.25, 0.3) is 11.0 Å². The van der Waals surface area contributed by atoms with E-state index in [9.17, 15) is 0 Å². The second-order valence-electron chi connectivity index (χ2n) is 10.2. The fourth-order valence-corrected chi connectivity index (χ4v) is 4.71. The Balaban J connectivity index is 1.37. The molecule has 5 rings (SSSR count). The maximum atomic E-state index is 6.18. The molecule has 3 aromatic carbocycles. The molecule has 5 nitrogen and oxygen atoms in total. The van der Waals surface area contributed by atoms with Crippen molar-refractivity contribution in [3.05, 3.63) is 88.9 Å². The Morgan fingerprint density at radius 2 is 1.51 bits per heavy atom. The van der Waals surface area contributed by atoms with E-state index in [0.717, 1.165) is 66.1 Å². The summed E-state index contributed by atoms with van der Waals surface area (Å²) in [5, 5.41) is 4.34. The first-order valence-corrected chi connectivity index (χ1v) is 12.6. The third kappa shape index (κ3) is 5.58. The van der Waals surface area contributed by atoms with Gasteiger partial charge < -0.3 is 10.2 Å². The number of fused-ring (bicyclic) bond motifs is 1. The molecule has 0 atom stereocenters. The average molecular weight is 486 g/mol. The zero-order chi connectivity index (χ0) is 24.4. The Morgan fingerprint density at radius 3 is 2.17 bits per heavy atom. The third-order valence-corrected chi connectivity index (χ3v) is 6.77. The Kier molecular flexibility index (Phi) is 6.63. The molecule has 1 aliphatic rings. The second kappa shape index (κ2) is 9.84. The van der Waals surface area contributed by atoms with Crippen LogP contribution in [0, 0.1) is 0 Å². The molecule has 0 radical (unpaired) electrons. The molecule has 6 heteroatoms. The van der Waals surface area contributed by atoms with Crippen molar-refractivity contribution >= 4 is 40.0 Å². The summed E-state index contributed by atoms with van der Waals surface area (Å²) >= 11 is 6.18. The summed E-state index contributed by atoms with van der Waals surface area (Å²) in [4.78, 5) is 14.8. The van der Waals surface area contributed by atoms with Gasteiger partial charge in [-0.15, -0.1) is 0 Å². The van der Waals surface area contributed by atoms with Crippen LogP contribution in [0.15, 0.2) is 72.8 Å². The molecule has 0 aliphatic carbocycles. The van der Waals surface area contributed by atoms with Crippen LogP contribution < -0.4 is 10.2 Å². The highest BCUT2D eigenvalue weighted by Gasteiger charge is 2.22. The molecule has 0 saturated carbocycles. The number of hydrogen-bond acceptors (Lipinski definition) is 5. The smallest absolute Gasteiger partial charge is 0.174 e. The van der Waals surface area contributed by atoms with Crippen LogP contribution in [0.2, 0.25) is 5.02 Å². The van der Waals surface area contributed by atoms with Crippen LogP contribution in [-0.2, 0) is 12.0 Å². The number of anilines is 3. The van der Waals surface area contributed by atoms with Gasteiger partial charge in [0.05, 0.1) is 11.0 Å². The molecular formula is C29H32ClN5. The molecule has 1 fully saturated rings. The number of benzene rings is 3. The number of nitrogens with zero attached hydrogens (tertiary/aromatic N) is 4. The Bertz CT molecular complexity index is 1300. The first kappa shape index (κ1) is 23.6. The van der Waals surface area contributed by atoms with Gasteiger partial charge in [0.15, 0.2) is 11.6 Å². The largest absolute Gasteiger partial charge is 0.351 e. The van der Waals surface area contributed by atoms with Crippen LogP contribution in [0.5, 0.6) is 0 Å². The minimum Gasteiger partial charge on any atom is -0.351 e. The quantitative estimate of drug-likeness (QED) is 0.343. The number of nitrogens with one attached hydrogen (secondary N) is 1. The Hall–Kier alpha value is -3.15. The molecule has 1 aliphatic heterocycles. The van der Waals surface area contributed by atoms with E-state index in [1.54, 1.807) is 0 Å². The summed E-state index contributed by atoms with van der Waals surface area (Å²) < 4.78 is 0. The second-order valence-corrected chi connectivity index (χ2v) is 10.7. The number of rotatable bonds is 5. The lowest BCUT2D eigenvalue weighted by atomic mass is 9.87. The predicted molar refractivity (Wildman–Crippen MR) is 147 cm³/mol. The molecule has 35 heavy (non-hydrogen) atoms. The van der Waals surface area contributed by atoms with Crippen molar-refractivity contribution in [1.82, 2.24) is 14.9 Å². The summed E-state index contributed by atoms with van der Waals surface area (Å²) in [5.41, 5.74) is 5.50. The van der Waals surface area contributed by atoms with E-state index in [4.69, 9.17) is 21.6 Å². The van der Waals surface area contributed by atoms with Gasteiger partial charge in [-0.3, -0.25) is 4.90 Å². The first-order chi connectivity index (χ1) is 16.8. The number of aromatic nitrogens is 2. The van der Waals surface area contributed by atoms with Crippen molar-refractivity contribution in [3.8, 4) is 0 Å². The number of hydrogen-bond donors (Lipinski definition) is 1. The van der Waals surface area contributed by atoms with Crippen molar-refractivity contribution in [2.75, 3.05) is 36.4 Å². The van der Waals surface area contributed by atoms with Crippen molar-refractivity contribution < 1.29 is 0 Å². The van der Waals surface area contributed by atoms with Gasteiger partial charge in [-0.2, -0.15) is 0 Å². The van der Waals surface area contributed by atoms with Gasteiger partial charge in [-0.05, 0) is 52.9 Å². The first-order valence-electron chi connectivity index (χ1n) is 12.2. The van der Waals surface area contributed by atoms with Crippen LogP contribution in [0.1, 0.15) is 31.9 Å². The van der Waals surface area contributed by atoms with Crippen molar-refractivity contribution in [3.63, 3.8) is 0 Å². The average Bonchev–Trinajstić information content (AvgIpc) is 2.84. The van der Waals surface area contributed by atoms with Gasteiger partial charge in [-0.1, -0.05) is 68.8 Å². The molecule has 0 unspecified atom stereocenters. The van der Waals surface area contributed by atoms with Gasteiger partial charge in [0.2, 0.25) is 0 Å². The molecule has 2 heterocycles. The van der Waals surface area contributed by atoms with Crippen LogP contribution in [-0.4, -0.2) is 41.0 Å². The lowest BCUT2D eigenvalue weighted by molar-refractivity contribution is 0.249. The van der Waals surface area contributed by atoms with Gasteiger partial charge in [0.1, 0.15) is 0 Å². The molecular weight excluding hydrogens is 454 g/mol. The number of halogens is 1. The maximum Gasteiger partial charge on any atom is 0.174 e. The molecule has 1 aromatic heterocycles. The Morgan fingerprint density at radius 1 is 0.829 bits per heavy atom. The molecule has 0 spiro atoms. The van der Waals surface area contributed by atoms with Gasteiger partial charge in [0.25, 0.3) is 0 Å². The highest BCUT2D eigenvalue weighted by atomic mass is 35.5. The molecule has 0 amide bonds. The van der Waals surface area contributed by atoms with E-state index in [1.807, 2.05) is 36.4 Å². The zero-order valence-electron chi connectivity index (χ0n) is 20.6. The van der Waals surface area contributed by atoms with Gasteiger partial charge in [-0.25, -0.2) is 9.97 Å². The van der Waals surface area contributed by atoms with E-state index >= 15 is 0 Å². The topological polar surface area (TPSA) is 44.3 Å². The summed E-state index contributed by atoms with van der Waals surface area (Å²) in [5.74, 6) is 1.71. The molecule has 1 N–H and O–H groups in total. The minimum absolute atomic E-state index is 0.122. The van der Waals surface area contributed by atoms with Crippen molar-refractivity contribution in [1.29, 1.82) is 0 Å². The summed E-state index contributed by atoms with van der Waals surface area (Å²) in [6.07, 6.45) is 0. The Labute approximate surface area is 212 Å². The SMILES string of the molecule is CC(C)(C)c1ccc(Nc2nc3ccccc3nc2N2CCN(Cc3cccc(Cl)c3)CC2)cc1. The van der Waals surface area contributed by atoms with Crippen molar-refractivity contribution in [2.45, 2.75) is 32.7 Å². The molecule has 180 valence electrons. The number of para-hydroxylation sites is 2. The van der Waals surface area contributed by atoms with E-state index in [-0.39, 0.29) is 5.41 Å². The van der Waals surface area contributed by atoms with Crippen LogP contribution in [0.3, 0.4) is 0 Å². The molecule has 4 aromatic rings. The zero-order valence-corrected chi connectivity index (χ0v) is 21.4. The fraction of sp³-hybridized carbons (Fsp3) is 0.310. The van der Waals surface area contributed by atoms with E-state index in [1.165, 1.54) is 11.1 Å². The third-order valence-electron chi connectivity index (χ3n) is 6.53. The summed E-state index contributed by atoms with van der Waals surface area (Å²) in [6.45, 7) is 11.3. The highest BCUT2D eigenvalue weighted by Crippen LogP contribution is 2.30. The van der Waals surface area contributed by atoms with E-state index in [2.05, 4.69) is 72.3 Å². The van der Waals surface area contributed by atoms with E-state index < -0.39 is 0 Å². The van der Waals surface area contributed by atoms with E-state index in [0.29, 0.717) is 0 Å².